The fourth-order valence-electron chi connectivity index (χ4n) is 1.18. The number of nitrogens with one attached hydrogen (secondary N) is 1. The number of halogens is 1. The molecule has 0 radical (unpaired) electrons. The van der Waals surface area contributed by atoms with Gasteiger partial charge in [0.05, 0.1) is 16.8 Å². The second-order valence-electron chi connectivity index (χ2n) is 3.77. The van der Waals surface area contributed by atoms with Gasteiger partial charge in [-0.3, -0.25) is 4.68 Å². The third kappa shape index (κ3) is 2.95. The third-order valence-corrected chi connectivity index (χ3v) is 2.90. The van der Waals surface area contributed by atoms with Crippen LogP contribution in [0.4, 0.5) is 0 Å². The van der Waals surface area contributed by atoms with E-state index in [1.54, 1.807) is 17.9 Å². The van der Waals surface area contributed by atoms with E-state index in [2.05, 4.69) is 16.5 Å². The highest BCUT2D eigenvalue weighted by Gasteiger charge is 2.20. The molecule has 15 heavy (non-hydrogen) atoms. The molecule has 1 aromatic rings. The predicted molar refractivity (Wildman–Crippen MR) is 59.7 cm³/mol. The molecule has 1 rings (SSSR count). The van der Waals surface area contributed by atoms with E-state index in [1.807, 2.05) is 13.8 Å². The van der Waals surface area contributed by atoms with Crippen LogP contribution in [0.25, 0.3) is 0 Å². The van der Waals surface area contributed by atoms with Gasteiger partial charge in [-0.15, -0.1) is 0 Å². The minimum atomic E-state index is -0.508. The molecule has 0 aliphatic carbocycles. The first kappa shape index (κ1) is 12.0. The summed E-state index contributed by atoms with van der Waals surface area (Å²) in [4.78, 5) is 0. The first-order chi connectivity index (χ1) is 7.00. The topological polar surface area (TPSA) is 53.6 Å². The zero-order valence-electron chi connectivity index (χ0n) is 9.21. The van der Waals surface area contributed by atoms with Crippen LogP contribution < -0.4 is 5.32 Å². The minimum Gasteiger partial charge on any atom is -0.303 e. The van der Waals surface area contributed by atoms with Gasteiger partial charge in [0.25, 0.3) is 0 Å². The van der Waals surface area contributed by atoms with Crippen LogP contribution >= 0.6 is 11.6 Å². The van der Waals surface area contributed by atoms with Gasteiger partial charge in [-0.2, -0.15) is 10.4 Å². The number of nitrogens with zero attached hydrogens (tertiary/aromatic N) is 3. The molecule has 82 valence electrons. The van der Waals surface area contributed by atoms with Gasteiger partial charge in [0.2, 0.25) is 0 Å². The maximum atomic E-state index is 8.95. The van der Waals surface area contributed by atoms with Gasteiger partial charge in [-0.1, -0.05) is 11.6 Å². The van der Waals surface area contributed by atoms with Crippen molar-refractivity contribution in [3.05, 3.63) is 16.9 Å². The largest absolute Gasteiger partial charge is 0.303 e. The Balaban J connectivity index is 2.61. The van der Waals surface area contributed by atoms with Gasteiger partial charge in [0, 0.05) is 12.7 Å². The number of aromatic nitrogens is 2. The summed E-state index contributed by atoms with van der Waals surface area (Å²) in [5.74, 6) is 0. The Labute approximate surface area is 94.8 Å². The molecule has 0 aromatic carbocycles. The zero-order chi connectivity index (χ0) is 11.5. The average Bonchev–Trinajstić information content (AvgIpc) is 2.55. The van der Waals surface area contributed by atoms with Crippen LogP contribution in [-0.4, -0.2) is 22.4 Å². The predicted octanol–water partition coefficient (Wildman–Crippen LogP) is 1.74. The van der Waals surface area contributed by atoms with E-state index in [0.29, 0.717) is 18.0 Å². The van der Waals surface area contributed by atoms with Crippen LogP contribution in [0.3, 0.4) is 0 Å². The third-order valence-electron chi connectivity index (χ3n) is 2.53. The van der Waals surface area contributed by atoms with Gasteiger partial charge in [-0.05, 0) is 27.3 Å². The Morgan fingerprint density at radius 2 is 2.40 bits per heavy atom. The molecule has 0 amide bonds. The van der Waals surface area contributed by atoms with Gasteiger partial charge < -0.3 is 5.32 Å². The second kappa shape index (κ2) is 4.65. The van der Waals surface area contributed by atoms with E-state index < -0.39 is 5.54 Å². The Morgan fingerprint density at radius 3 is 2.80 bits per heavy atom. The summed E-state index contributed by atoms with van der Waals surface area (Å²) in [6.07, 6.45) is 2.47. The van der Waals surface area contributed by atoms with Crippen molar-refractivity contribution in [3.8, 4) is 6.07 Å². The summed E-state index contributed by atoms with van der Waals surface area (Å²) < 4.78 is 1.77. The molecule has 1 unspecified atom stereocenters. The van der Waals surface area contributed by atoms with Crippen molar-refractivity contribution in [2.75, 3.05) is 7.05 Å². The molecule has 0 fully saturated rings. The monoisotopic (exact) mass is 226 g/mol. The molecular weight excluding hydrogens is 212 g/mol. The van der Waals surface area contributed by atoms with Crippen molar-refractivity contribution in [1.29, 1.82) is 5.26 Å². The van der Waals surface area contributed by atoms with Gasteiger partial charge in [0.1, 0.15) is 5.54 Å². The average molecular weight is 227 g/mol. The quantitative estimate of drug-likeness (QED) is 0.851. The molecule has 0 aliphatic rings. The Bertz CT molecular complexity index is 360. The molecule has 4 nitrogen and oxygen atoms in total. The second-order valence-corrected chi connectivity index (χ2v) is 4.18. The van der Waals surface area contributed by atoms with E-state index in [0.717, 1.165) is 5.69 Å². The fourth-order valence-corrected chi connectivity index (χ4v) is 1.33. The molecule has 1 atom stereocenters. The van der Waals surface area contributed by atoms with Gasteiger partial charge >= 0.3 is 0 Å². The molecule has 0 saturated carbocycles. The molecule has 1 heterocycles. The van der Waals surface area contributed by atoms with E-state index in [1.165, 1.54) is 0 Å². The highest BCUT2D eigenvalue weighted by molar-refractivity contribution is 6.31. The number of hydrogen-bond acceptors (Lipinski definition) is 3. The fraction of sp³-hybridized carbons (Fsp3) is 0.600. The number of nitriles is 1. The van der Waals surface area contributed by atoms with Crippen molar-refractivity contribution in [3.63, 3.8) is 0 Å². The first-order valence-electron chi connectivity index (χ1n) is 4.80. The Hall–Kier alpha value is -1.05. The van der Waals surface area contributed by atoms with Gasteiger partial charge in [0.15, 0.2) is 0 Å². The molecule has 0 saturated heterocycles. The summed E-state index contributed by atoms with van der Waals surface area (Å²) in [5.41, 5.74) is 0.312. The highest BCUT2D eigenvalue weighted by atomic mass is 35.5. The summed E-state index contributed by atoms with van der Waals surface area (Å²) in [7, 11) is 1.78. The van der Waals surface area contributed by atoms with Crippen molar-refractivity contribution >= 4 is 11.6 Å². The summed E-state index contributed by atoms with van der Waals surface area (Å²) in [6.45, 7) is 4.41. The molecule has 1 N–H and O–H groups in total. The molecule has 0 spiro atoms. The zero-order valence-corrected chi connectivity index (χ0v) is 9.97. The van der Waals surface area contributed by atoms with Crippen molar-refractivity contribution in [2.45, 2.75) is 32.4 Å². The standard InChI is InChI=1S/C10H15ClN4/c1-8-9(11)6-15(14-8)5-4-10(2,7-12)13-3/h6,13H,4-5H2,1-3H3. The molecule has 1 aromatic heterocycles. The highest BCUT2D eigenvalue weighted by Crippen LogP contribution is 2.14. The number of aryl methyl sites for hydroxylation is 2. The maximum Gasteiger partial charge on any atom is 0.105 e. The van der Waals surface area contributed by atoms with Crippen molar-refractivity contribution < 1.29 is 0 Å². The Kier molecular flexibility index (Phi) is 3.72. The Morgan fingerprint density at radius 1 is 1.73 bits per heavy atom. The SMILES string of the molecule is CNC(C)(C#N)CCn1cc(Cl)c(C)n1. The van der Waals surface area contributed by atoms with E-state index in [4.69, 9.17) is 16.9 Å². The summed E-state index contributed by atoms with van der Waals surface area (Å²) in [6, 6.07) is 2.23. The molecular formula is C10H15ClN4. The van der Waals surface area contributed by atoms with Crippen LogP contribution in [0.5, 0.6) is 0 Å². The van der Waals surface area contributed by atoms with Crippen LogP contribution in [0.2, 0.25) is 5.02 Å². The summed E-state index contributed by atoms with van der Waals surface area (Å²) >= 11 is 5.88. The van der Waals surface area contributed by atoms with Gasteiger partial charge in [-0.25, -0.2) is 0 Å². The lowest BCUT2D eigenvalue weighted by atomic mass is 10.0. The number of hydrogen-bond donors (Lipinski definition) is 1. The van der Waals surface area contributed by atoms with Crippen LogP contribution in [0.1, 0.15) is 19.0 Å². The minimum absolute atomic E-state index is 0.508. The number of rotatable bonds is 4. The lowest BCUT2D eigenvalue weighted by Gasteiger charge is -2.20. The van der Waals surface area contributed by atoms with Crippen molar-refractivity contribution in [1.82, 2.24) is 15.1 Å². The lowest BCUT2D eigenvalue weighted by molar-refractivity contribution is 0.408. The lowest BCUT2D eigenvalue weighted by Crippen LogP contribution is -2.39. The smallest absolute Gasteiger partial charge is 0.105 e. The van der Waals surface area contributed by atoms with E-state index in [-0.39, 0.29) is 0 Å². The molecule has 0 aliphatic heterocycles. The normalized spacial score (nSPS) is 14.6. The molecule has 0 bridgehead atoms. The molecule has 5 heteroatoms. The summed E-state index contributed by atoms with van der Waals surface area (Å²) in [5, 5.41) is 16.8. The van der Waals surface area contributed by atoms with E-state index >= 15 is 0 Å². The van der Waals surface area contributed by atoms with E-state index in [9.17, 15) is 0 Å². The van der Waals surface area contributed by atoms with Crippen LogP contribution in [0.15, 0.2) is 6.20 Å². The first-order valence-corrected chi connectivity index (χ1v) is 5.18. The van der Waals surface area contributed by atoms with Crippen molar-refractivity contribution in [2.24, 2.45) is 0 Å². The van der Waals surface area contributed by atoms with Crippen LogP contribution in [-0.2, 0) is 6.54 Å². The maximum absolute atomic E-state index is 8.95. The van der Waals surface area contributed by atoms with Crippen LogP contribution in [0, 0.1) is 18.3 Å².